The summed E-state index contributed by atoms with van der Waals surface area (Å²) in [6.45, 7) is 2.03. The molecular formula is C16H15Cl2N5OS. The van der Waals surface area contributed by atoms with Crippen LogP contribution in [0.15, 0.2) is 35.3 Å². The highest BCUT2D eigenvalue weighted by Crippen LogP contribution is 2.35. The van der Waals surface area contributed by atoms with Gasteiger partial charge in [0.1, 0.15) is 10.8 Å². The first kappa shape index (κ1) is 18.0. The van der Waals surface area contributed by atoms with Crippen LogP contribution >= 0.6 is 35.0 Å². The summed E-state index contributed by atoms with van der Waals surface area (Å²) in [5, 5.41) is 3.39. The predicted octanol–water partition coefficient (Wildman–Crippen LogP) is 3.70. The normalized spacial score (nSPS) is 20.0. The molecule has 9 heteroatoms. The largest absolute Gasteiger partial charge is 0.379 e. The number of hydrogen-bond donors (Lipinski definition) is 2. The number of anilines is 1. The third kappa shape index (κ3) is 4.23. The first-order valence-electron chi connectivity index (χ1n) is 7.46. The molecule has 1 aliphatic heterocycles. The first-order valence-corrected chi connectivity index (χ1v) is 9.20. The Morgan fingerprint density at radius 1 is 1.32 bits per heavy atom. The minimum absolute atomic E-state index is 0.0802. The maximum absolute atomic E-state index is 12.4. The van der Waals surface area contributed by atoms with Crippen molar-refractivity contribution in [3.63, 3.8) is 0 Å². The van der Waals surface area contributed by atoms with Gasteiger partial charge in [0.05, 0.1) is 5.54 Å². The zero-order chi connectivity index (χ0) is 18.0. The van der Waals surface area contributed by atoms with Gasteiger partial charge in [-0.25, -0.2) is 9.97 Å². The number of nitrogens with two attached hydrogens (primary N) is 1. The van der Waals surface area contributed by atoms with Crippen LogP contribution in [0, 0.1) is 0 Å². The summed E-state index contributed by atoms with van der Waals surface area (Å²) >= 11 is 13.1. The van der Waals surface area contributed by atoms with E-state index in [1.807, 2.05) is 25.1 Å². The number of aromatic nitrogens is 2. The van der Waals surface area contributed by atoms with E-state index in [0.717, 1.165) is 17.7 Å². The number of nitrogens with one attached hydrogen (secondary N) is 1. The molecule has 0 bridgehead atoms. The Hall–Kier alpha value is -1.83. The fourth-order valence-corrected chi connectivity index (χ4v) is 3.91. The maximum Gasteiger partial charge on any atom is 0.274 e. The lowest BCUT2D eigenvalue weighted by molar-refractivity contribution is 0.102. The molecule has 1 aliphatic rings. The van der Waals surface area contributed by atoms with E-state index in [1.165, 1.54) is 6.07 Å². The minimum atomic E-state index is -0.421. The third-order valence-corrected chi connectivity index (χ3v) is 5.00. The van der Waals surface area contributed by atoms with Crippen LogP contribution < -0.4 is 11.1 Å². The van der Waals surface area contributed by atoms with Gasteiger partial charge in [-0.1, -0.05) is 35.5 Å². The van der Waals surface area contributed by atoms with Gasteiger partial charge in [-0.05, 0) is 42.6 Å². The van der Waals surface area contributed by atoms with E-state index in [-0.39, 0.29) is 16.1 Å². The molecule has 25 heavy (non-hydrogen) atoms. The topological polar surface area (TPSA) is 93.3 Å². The van der Waals surface area contributed by atoms with Gasteiger partial charge in [0, 0.05) is 17.5 Å². The van der Waals surface area contributed by atoms with Gasteiger partial charge in [-0.15, -0.1) is 0 Å². The van der Waals surface area contributed by atoms with Crippen molar-refractivity contribution in [1.82, 2.24) is 9.97 Å². The van der Waals surface area contributed by atoms with E-state index in [9.17, 15) is 4.79 Å². The standard InChI is InChI=1S/C16H15Cl2N5OS/c1-16(5-6-25-15(19)23-16)9-3-2-4-10(7-9)20-13(24)11-8-12(17)22-14(18)21-11/h2-4,7-8H,5-6H2,1H3,(H2,19,23)(H,20,24). The van der Waals surface area contributed by atoms with Gasteiger partial charge >= 0.3 is 0 Å². The molecule has 2 heterocycles. The smallest absolute Gasteiger partial charge is 0.274 e. The Bertz CT molecular complexity index is 840. The number of amidine groups is 1. The number of carbonyl (C=O) groups is 1. The number of hydrogen-bond acceptors (Lipinski definition) is 6. The third-order valence-electron chi connectivity index (χ3n) is 3.84. The van der Waals surface area contributed by atoms with E-state index in [2.05, 4.69) is 20.3 Å². The molecule has 3 rings (SSSR count). The van der Waals surface area contributed by atoms with E-state index < -0.39 is 11.4 Å². The van der Waals surface area contributed by atoms with Crippen LogP contribution in [-0.2, 0) is 5.54 Å². The fourth-order valence-electron chi connectivity index (χ4n) is 2.53. The van der Waals surface area contributed by atoms with E-state index in [0.29, 0.717) is 10.9 Å². The Morgan fingerprint density at radius 3 is 2.84 bits per heavy atom. The molecule has 1 amide bonds. The van der Waals surface area contributed by atoms with Gasteiger partial charge in [0.2, 0.25) is 5.28 Å². The Kier molecular flexibility index (Phi) is 5.17. The number of thioether (sulfide) groups is 1. The van der Waals surface area contributed by atoms with Crippen molar-refractivity contribution < 1.29 is 4.79 Å². The summed E-state index contributed by atoms with van der Waals surface area (Å²) in [6.07, 6.45) is 0.868. The number of benzene rings is 1. The highest BCUT2D eigenvalue weighted by Gasteiger charge is 2.29. The molecule has 1 atom stereocenters. The number of aliphatic imine (C=N–C) groups is 1. The quantitative estimate of drug-likeness (QED) is 0.610. The van der Waals surface area contributed by atoms with E-state index >= 15 is 0 Å². The molecule has 1 aromatic heterocycles. The SMILES string of the molecule is CC1(c2cccc(NC(=O)c3cc(Cl)nc(Cl)n3)c2)CCSC(N)=N1. The van der Waals surface area contributed by atoms with Crippen molar-refractivity contribution in [1.29, 1.82) is 0 Å². The number of rotatable bonds is 3. The average Bonchev–Trinajstić information content (AvgIpc) is 2.54. The van der Waals surface area contributed by atoms with Crippen molar-refractivity contribution in [2.24, 2.45) is 10.7 Å². The number of carbonyl (C=O) groups excluding carboxylic acids is 1. The number of nitrogens with zero attached hydrogens (tertiary/aromatic N) is 3. The maximum atomic E-state index is 12.4. The number of halogens is 2. The van der Waals surface area contributed by atoms with Crippen LogP contribution in [0.5, 0.6) is 0 Å². The van der Waals surface area contributed by atoms with Gasteiger partial charge in [0.15, 0.2) is 5.17 Å². The summed E-state index contributed by atoms with van der Waals surface area (Å²) in [4.78, 5) is 24.6. The average molecular weight is 396 g/mol. The van der Waals surface area contributed by atoms with Crippen molar-refractivity contribution in [2.75, 3.05) is 11.1 Å². The van der Waals surface area contributed by atoms with Crippen LogP contribution in [0.1, 0.15) is 29.4 Å². The van der Waals surface area contributed by atoms with E-state index in [1.54, 1.807) is 17.8 Å². The predicted molar refractivity (Wildman–Crippen MR) is 102 cm³/mol. The number of amides is 1. The second-order valence-electron chi connectivity index (χ2n) is 5.70. The zero-order valence-electron chi connectivity index (χ0n) is 13.3. The van der Waals surface area contributed by atoms with Gasteiger partial charge in [-0.3, -0.25) is 9.79 Å². The summed E-state index contributed by atoms with van der Waals surface area (Å²) in [7, 11) is 0. The van der Waals surface area contributed by atoms with Crippen molar-refractivity contribution >= 4 is 51.7 Å². The van der Waals surface area contributed by atoms with Crippen LogP contribution in [0.2, 0.25) is 10.4 Å². The molecule has 0 radical (unpaired) electrons. The van der Waals surface area contributed by atoms with Crippen molar-refractivity contribution in [2.45, 2.75) is 18.9 Å². The lowest BCUT2D eigenvalue weighted by atomic mass is 9.89. The molecule has 130 valence electrons. The van der Waals surface area contributed by atoms with Crippen LogP contribution in [0.25, 0.3) is 0 Å². The summed E-state index contributed by atoms with van der Waals surface area (Å²) in [6, 6.07) is 8.87. The van der Waals surface area contributed by atoms with Gasteiger partial charge in [-0.2, -0.15) is 0 Å². The Morgan fingerprint density at radius 2 is 2.12 bits per heavy atom. The Balaban J connectivity index is 1.84. The highest BCUT2D eigenvalue weighted by atomic mass is 35.5. The van der Waals surface area contributed by atoms with Gasteiger partial charge in [0.25, 0.3) is 5.91 Å². The summed E-state index contributed by atoms with van der Waals surface area (Å²) < 4.78 is 0. The first-order chi connectivity index (χ1) is 11.9. The van der Waals surface area contributed by atoms with Gasteiger partial charge < -0.3 is 11.1 Å². The molecule has 3 N–H and O–H groups in total. The van der Waals surface area contributed by atoms with Crippen molar-refractivity contribution in [3.05, 3.63) is 52.0 Å². The molecule has 6 nitrogen and oxygen atoms in total. The molecule has 1 unspecified atom stereocenters. The highest BCUT2D eigenvalue weighted by molar-refractivity contribution is 8.13. The molecule has 0 saturated heterocycles. The molecule has 0 fully saturated rings. The van der Waals surface area contributed by atoms with E-state index in [4.69, 9.17) is 28.9 Å². The Labute approximate surface area is 159 Å². The molecule has 0 spiro atoms. The fraction of sp³-hybridized carbons (Fsp3) is 0.250. The molecule has 2 aromatic rings. The summed E-state index contributed by atoms with van der Waals surface area (Å²) in [5.41, 5.74) is 7.17. The molecule has 1 aromatic carbocycles. The van der Waals surface area contributed by atoms with Crippen molar-refractivity contribution in [3.8, 4) is 0 Å². The zero-order valence-corrected chi connectivity index (χ0v) is 15.6. The van der Waals surface area contributed by atoms with Crippen LogP contribution in [-0.4, -0.2) is 26.8 Å². The lowest BCUT2D eigenvalue weighted by Crippen LogP contribution is -2.28. The van der Waals surface area contributed by atoms with Crippen LogP contribution in [0.3, 0.4) is 0 Å². The second kappa shape index (κ2) is 7.19. The lowest BCUT2D eigenvalue weighted by Gasteiger charge is -2.30. The summed E-state index contributed by atoms with van der Waals surface area (Å²) in [5.74, 6) is 0.482. The molecular weight excluding hydrogens is 381 g/mol. The second-order valence-corrected chi connectivity index (χ2v) is 7.54. The molecule has 0 aliphatic carbocycles. The minimum Gasteiger partial charge on any atom is -0.379 e. The molecule has 0 saturated carbocycles. The van der Waals surface area contributed by atoms with Crippen LogP contribution in [0.4, 0.5) is 5.69 Å². The monoisotopic (exact) mass is 395 g/mol.